The number of hydrogen-bond donors (Lipinski definition) is 0. The molecule has 3 heterocycles. The number of sulfonamides is 1. The van der Waals surface area contributed by atoms with Gasteiger partial charge >= 0.3 is 0 Å². The van der Waals surface area contributed by atoms with Gasteiger partial charge in [-0.2, -0.15) is 4.31 Å². The topological polar surface area (TPSA) is 73.8 Å². The van der Waals surface area contributed by atoms with Gasteiger partial charge in [0.05, 0.1) is 10.9 Å². The van der Waals surface area contributed by atoms with Crippen molar-refractivity contribution in [3.8, 4) is 0 Å². The SMILES string of the molecule is CN(CC(=O)N1CCN(Cc2ccc(Cl)s2)CC1)S(=O)(=O)c1cccnc1. The minimum Gasteiger partial charge on any atom is -0.339 e. The molecule has 27 heavy (non-hydrogen) atoms. The Balaban J connectivity index is 1.52. The summed E-state index contributed by atoms with van der Waals surface area (Å²) in [4.78, 5) is 21.6. The summed E-state index contributed by atoms with van der Waals surface area (Å²) in [5.74, 6) is -0.191. The number of hydrogen-bond acceptors (Lipinski definition) is 6. The number of likely N-dealkylation sites (N-methyl/N-ethyl adjacent to an activating group) is 1. The van der Waals surface area contributed by atoms with Crippen LogP contribution in [0, 0.1) is 0 Å². The average Bonchev–Trinajstić information content (AvgIpc) is 3.07. The van der Waals surface area contributed by atoms with Crippen LogP contribution >= 0.6 is 22.9 Å². The van der Waals surface area contributed by atoms with E-state index in [4.69, 9.17) is 11.6 Å². The Kier molecular flexibility index (Phi) is 6.48. The van der Waals surface area contributed by atoms with E-state index in [0.29, 0.717) is 13.1 Å². The first kappa shape index (κ1) is 20.2. The quantitative estimate of drug-likeness (QED) is 0.700. The zero-order chi connectivity index (χ0) is 19.4. The smallest absolute Gasteiger partial charge is 0.244 e. The van der Waals surface area contributed by atoms with E-state index in [1.54, 1.807) is 22.3 Å². The van der Waals surface area contributed by atoms with Gasteiger partial charge in [0.1, 0.15) is 4.90 Å². The van der Waals surface area contributed by atoms with E-state index in [2.05, 4.69) is 9.88 Å². The van der Waals surface area contributed by atoms with Crippen LogP contribution in [0.3, 0.4) is 0 Å². The van der Waals surface area contributed by atoms with Crippen molar-refractivity contribution in [2.24, 2.45) is 0 Å². The lowest BCUT2D eigenvalue weighted by Crippen LogP contribution is -2.51. The second kappa shape index (κ2) is 8.66. The van der Waals surface area contributed by atoms with Crippen LogP contribution in [0.15, 0.2) is 41.6 Å². The highest BCUT2D eigenvalue weighted by Crippen LogP contribution is 2.23. The molecule has 1 saturated heterocycles. The molecule has 0 unspecified atom stereocenters. The Bertz CT molecular complexity index is 881. The lowest BCUT2D eigenvalue weighted by molar-refractivity contribution is -0.133. The first-order valence-electron chi connectivity index (χ1n) is 8.47. The minimum absolute atomic E-state index is 0.0831. The van der Waals surface area contributed by atoms with Crippen LogP contribution in [0.25, 0.3) is 0 Å². The molecule has 0 atom stereocenters. The van der Waals surface area contributed by atoms with Gasteiger partial charge in [-0.1, -0.05) is 11.6 Å². The number of piperazine rings is 1. The van der Waals surface area contributed by atoms with E-state index in [9.17, 15) is 13.2 Å². The van der Waals surface area contributed by atoms with E-state index >= 15 is 0 Å². The molecule has 2 aromatic heterocycles. The molecule has 1 fully saturated rings. The summed E-state index contributed by atoms with van der Waals surface area (Å²) in [5, 5.41) is 0. The first-order chi connectivity index (χ1) is 12.9. The van der Waals surface area contributed by atoms with Crippen LogP contribution in [0.4, 0.5) is 0 Å². The van der Waals surface area contributed by atoms with Crippen molar-refractivity contribution in [1.29, 1.82) is 0 Å². The predicted octanol–water partition coefficient (Wildman–Crippen LogP) is 1.76. The van der Waals surface area contributed by atoms with Crippen LogP contribution in [-0.2, 0) is 21.4 Å². The molecule has 146 valence electrons. The van der Waals surface area contributed by atoms with Crippen molar-refractivity contribution in [2.45, 2.75) is 11.4 Å². The standard InChI is InChI=1S/C17H21ClN4O3S2/c1-20(27(24,25)15-3-2-6-19-11-15)13-17(23)22-9-7-21(8-10-22)12-14-4-5-16(18)26-14/h2-6,11H,7-10,12-13H2,1H3. The van der Waals surface area contributed by atoms with Gasteiger partial charge in [0.25, 0.3) is 0 Å². The molecule has 0 N–H and O–H groups in total. The Morgan fingerprint density at radius 2 is 2.00 bits per heavy atom. The van der Waals surface area contributed by atoms with E-state index < -0.39 is 10.0 Å². The second-order valence-corrected chi connectivity index (χ2v) is 10.2. The molecular weight excluding hydrogens is 408 g/mol. The molecular formula is C17H21ClN4O3S2. The molecule has 10 heteroatoms. The number of thiophene rings is 1. The van der Waals surface area contributed by atoms with Crippen molar-refractivity contribution < 1.29 is 13.2 Å². The Morgan fingerprint density at radius 1 is 1.26 bits per heavy atom. The van der Waals surface area contributed by atoms with Crippen LogP contribution < -0.4 is 0 Å². The van der Waals surface area contributed by atoms with E-state index in [1.807, 2.05) is 12.1 Å². The molecule has 3 rings (SSSR count). The Morgan fingerprint density at radius 3 is 2.59 bits per heavy atom. The van der Waals surface area contributed by atoms with E-state index in [0.717, 1.165) is 28.3 Å². The molecule has 0 aromatic carbocycles. The molecule has 1 aliphatic rings. The fourth-order valence-corrected chi connectivity index (χ4v) is 5.08. The lowest BCUT2D eigenvalue weighted by atomic mass is 10.3. The van der Waals surface area contributed by atoms with Crippen molar-refractivity contribution in [3.63, 3.8) is 0 Å². The first-order valence-corrected chi connectivity index (χ1v) is 11.1. The van der Waals surface area contributed by atoms with E-state index in [1.165, 1.54) is 30.4 Å². The van der Waals surface area contributed by atoms with Gasteiger partial charge in [-0.15, -0.1) is 11.3 Å². The molecule has 7 nitrogen and oxygen atoms in total. The Labute approximate surface area is 168 Å². The summed E-state index contributed by atoms with van der Waals surface area (Å²) in [5.41, 5.74) is 0. The third-order valence-corrected chi connectivity index (χ3v) is 7.44. The summed E-state index contributed by atoms with van der Waals surface area (Å²) >= 11 is 7.52. The maximum absolute atomic E-state index is 12.5. The molecule has 1 amide bonds. The number of carbonyl (C=O) groups is 1. The number of aromatic nitrogens is 1. The summed E-state index contributed by atoms with van der Waals surface area (Å²) in [6, 6.07) is 6.93. The molecule has 0 spiro atoms. The van der Waals surface area contributed by atoms with Crippen LogP contribution in [0.5, 0.6) is 0 Å². The number of carbonyl (C=O) groups excluding carboxylic acids is 1. The maximum atomic E-state index is 12.5. The van der Waals surface area contributed by atoms with Gasteiger partial charge in [0.15, 0.2) is 0 Å². The highest BCUT2D eigenvalue weighted by molar-refractivity contribution is 7.89. The summed E-state index contributed by atoms with van der Waals surface area (Å²) in [6.07, 6.45) is 2.79. The van der Waals surface area contributed by atoms with Crippen LogP contribution in [0.1, 0.15) is 4.88 Å². The number of nitrogens with zero attached hydrogens (tertiary/aromatic N) is 4. The van der Waals surface area contributed by atoms with Crippen molar-refractivity contribution in [2.75, 3.05) is 39.8 Å². The predicted molar refractivity (Wildman–Crippen MR) is 105 cm³/mol. The average molecular weight is 429 g/mol. The van der Waals surface area contributed by atoms with E-state index in [-0.39, 0.29) is 17.3 Å². The van der Waals surface area contributed by atoms with Gasteiger partial charge in [-0.25, -0.2) is 8.42 Å². The van der Waals surface area contributed by atoms with Gasteiger partial charge in [-0.3, -0.25) is 14.7 Å². The maximum Gasteiger partial charge on any atom is 0.244 e. The third-order valence-electron chi connectivity index (χ3n) is 4.43. The third kappa shape index (κ3) is 5.05. The summed E-state index contributed by atoms with van der Waals surface area (Å²) in [7, 11) is -2.31. The normalized spacial score (nSPS) is 16.0. The molecule has 0 bridgehead atoms. The minimum atomic E-state index is -3.72. The fraction of sp³-hybridized carbons (Fsp3) is 0.412. The number of pyridine rings is 1. The summed E-state index contributed by atoms with van der Waals surface area (Å²) < 4.78 is 26.9. The number of amides is 1. The van der Waals surface area contributed by atoms with Crippen molar-refractivity contribution in [3.05, 3.63) is 45.9 Å². The molecule has 1 aliphatic heterocycles. The Hall–Kier alpha value is -1.52. The van der Waals surface area contributed by atoms with Crippen LogP contribution in [0.2, 0.25) is 4.34 Å². The molecule has 0 radical (unpaired) electrons. The summed E-state index contributed by atoms with van der Waals surface area (Å²) in [6.45, 7) is 3.30. The zero-order valence-electron chi connectivity index (χ0n) is 14.9. The second-order valence-electron chi connectivity index (χ2n) is 6.31. The molecule has 0 aliphatic carbocycles. The highest BCUT2D eigenvalue weighted by atomic mass is 35.5. The zero-order valence-corrected chi connectivity index (χ0v) is 17.3. The van der Waals surface area contributed by atoms with Crippen molar-refractivity contribution >= 4 is 38.9 Å². The number of halogens is 1. The van der Waals surface area contributed by atoms with Gasteiger partial charge in [-0.05, 0) is 24.3 Å². The van der Waals surface area contributed by atoms with Gasteiger partial charge < -0.3 is 4.90 Å². The van der Waals surface area contributed by atoms with Crippen molar-refractivity contribution in [1.82, 2.24) is 19.1 Å². The van der Waals surface area contributed by atoms with Gasteiger partial charge in [0.2, 0.25) is 15.9 Å². The lowest BCUT2D eigenvalue weighted by Gasteiger charge is -2.35. The fourth-order valence-electron chi connectivity index (χ4n) is 2.87. The molecule has 0 saturated carbocycles. The highest BCUT2D eigenvalue weighted by Gasteiger charge is 2.27. The number of rotatable bonds is 6. The molecule has 2 aromatic rings. The van der Waals surface area contributed by atoms with Gasteiger partial charge in [0, 0.05) is 57.0 Å². The monoisotopic (exact) mass is 428 g/mol. The van der Waals surface area contributed by atoms with Crippen LogP contribution in [-0.4, -0.2) is 73.2 Å². The largest absolute Gasteiger partial charge is 0.339 e.